The van der Waals surface area contributed by atoms with Gasteiger partial charge < -0.3 is 15.5 Å². The second-order valence-corrected chi connectivity index (χ2v) is 6.83. The van der Waals surface area contributed by atoms with E-state index in [9.17, 15) is 9.59 Å². The number of piperidine rings is 1. The predicted octanol–water partition coefficient (Wildman–Crippen LogP) is 1.39. The van der Waals surface area contributed by atoms with E-state index in [1.807, 2.05) is 30.9 Å². The summed E-state index contributed by atoms with van der Waals surface area (Å²) in [6, 6.07) is 3.83. The van der Waals surface area contributed by atoms with Crippen molar-refractivity contribution >= 4 is 23.0 Å². The van der Waals surface area contributed by atoms with Gasteiger partial charge in [-0.05, 0) is 38.3 Å². The Hall–Kier alpha value is -2.64. The lowest BCUT2D eigenvalue weighted by atomic mass is 10.1. The molecule has 0 spiro atoms. The molecule has 3 heterocycles. The summed E-state index contributed by atoms with van der Waals surface area (Å²) in [6.45, 7) is 5.39. The first-order valence-corrected chi connectivity index (χ1v) is 9.13. The van der Waals surface area contributed by atoms with Gasteiger partial charge in [0, 0.05) is 38.4 Å². The molecule has 3 rings (SSSR count). The molecule has 2 N–H and O–H groups in total. The molecule has 8 nitrogen and oxygen atoms in total. The van der Waals surface area contributed by atoms with Crippen LogP contribution in [0.2, 0.25) is 0 Å². The summed E-state index contributed by atoms with van der Waals surface area (Å²) >= 11 is 0. The molecule has 0 bridgehead atoms. The molecule has 0 radical (unpaired) electrons. The Kier molecular flexibility index (Phi) is 5.39. The van der Waals surface area contributed by atoms with Crippen LogP contribution in [0.15, 0.2) is 23.1 Å². The molecular formula is C18H26N6O2. The summed E-state index contributed by atoms with van der Waals surface area (Å²) in [5.74, 6) is 0.454. The Balaban J connectivity index is 1.67. The summed E-state index contributed by atoms with van der Waals surface area (Å²) in [6.07, 6.45) is 4.12. The molecule has 2 aromatic heterocycles. The van der Waals surface area contributed by atoms with Gasteiger partial charge in [-0.3, -0.25) is 9.36 Å². The van der Waals surface area contributed by atoms with Gasteiger partial charge in [-0.1, -0.05) is 6.92 Å². The van der Waals surface area contributed by atoms with Crippen molar-refractivity contribution in [3.63, 3.8) is 0 Å². The third-order valence-electron chi connectivity index (χ3n) is 4.93. The van der Waals surface area contributed by atoms with Crippen LogP contribution in [-0.4, -0.2) is 45.7 Å². The predicted molar refractivity (Wildman–Crippen MR) is 101 cm³/mol. The summed E-state index contributed by atoms with van der Waals surface area (Å²) in [7, 11) is 1.72. The van der Waals surface area contributed by atoms with Gasteiger partial charge >= 0.3 is 6.03 Å². The maximum Gasteiger partial charge on any atom is 0.315 e. The van der Waals surface area contributed by atoms with Gasteiger partial charge in [0.25, 0.3) is 5.56 Å². The quantitative estimate of drug-likeness (QED) is 0.862. The van der Waals surface area contributed by atoms with Crippen molar-refractivity contribution in [2.75, 3.05) is 18.0 Å². The third-order valence-corrected chi connectivity index (χ3v) is 4.93. The van der Waals surface area contributed by atoms with Gasteiger partial charge in [0.05, 0.1) is 0 Å². The van der Waals surface area contributed by atoms with Gasteiger partial charge in [-0.15, -0.1) is 0 Å². The fourth-order valence-corrected chi connectivity index (χ4v) is 3.14. The first kappa shape index (κ1) is 18.2. The van der Waals surface area contributed by atoms with E-state index in [2.05, 4.69) is 20.6 Å². The van der Waals surface area contributed by atoms with E-state index in [4.69, 9.17) is 0 Å². The SMILES string of the molecule is CC[C@H](C)NC(=O)NC1CCN(c2nc3cccnc3n(C)c2=O)CC1. The van der Waals surface area contributed by atoms with Crippen molar-refractivity contribution in [2.24, 2.45) is 7.05 Å². The number of fused-ring (bicyclic) bond motifs is 1. The van der Waals surface area contributed by atoms with Crippen molar-refractivity contribution in [3.8, 4) is 0 Å². The zero-order valence-corrected chi connectivity index (χ0v) is 15.5. The van der Waals surface area contributed by atoms with E-state index < -0.39 is 0 Å². The molecule has 2 amide bonds. The van der Waals surface area contributed by atoms with Crippen LogP contribution in [0.25, 0.3) is 11.2 Å². The Morgan fingerprint density at radius 1 is 1.38 bits per heavy atom. The normalized spacial score (nSPS) is 16.5. The Bertz CT molecular complexity index is 841. The monoisotopic (exact) mass is 358 g/mol. The van der Waals surface area contributed by atoms with E-state index in [0.717, 1.165) is 19.3 Å². The van der Waals surface area contributed by atoms with Gasteiger partial charge in [-0.2, -0.15) is 0 Å². The van der Waals surface area contributed by atoms with Crippen LogP contribution < -0.4 is 21.1 Å². The molecule has 140 valence electrons. The average Bonchev–Trinajstić information content (AvgIpc) is 2.65. The van der Waals surface area contributed by atoms with Crippen molar-refractivity contribution in [1.29, 1.82) is 0 Å². The largest absolute Gasteiger partial charge is 0.352 e. The lowest BCUT2D eigenvalue weighted by molar-refractivity contribution is 0.231. The number of carbonyl (C=O) groups excluding carboxylic acids is 1. The summed E-state index contributed by atoms with van der Waals surface area (Å²) in [5.41, 5.74) is 1.15. The lowest BCUT2D eigenvalue weighted by Gasteiger charge is -2.33. The number of urea groups is 1. The smallest absolute Gasteiger partial charge is 0.315 e. The second-order valence-electron chi connectivity index (χ2n) is 6.83. The van der Waals surface area contributed by atoms with Gasteiger partial charge in [0.1, 0.15) is 5.52 Å². The number of hydrogen-bond acceptors (Lipinski definition) is 5. The van der Waals surface area contributed by atoms with E-state index >= 15 is 0 Å². The molecule has 2 aromatic rings. The highest BCUT2D eigenvalue weighted by Crippen LogP contribution is 2.17. The molecular weight excluding hydrogens is 332 g/mol. The van der Waals surface area contributed by atoms with Crippen molar-refractivity contribution < 1.29 is 4.79 Å². The molecule has 0 aliphatic carbocycles. The molecule has 26 heavy (non-hydrogen) atoms. The minimum Gasteiger partial charge on any atom is -0.352 e. The highest BCUT2D eigenvalue weighted by molar-refractivity contribution is 5.74. The van der Waals surface area contributed by atoms with Crippen molar-refractivity contribution in [3.05, 3.63) is 28.7 Å². The van der Waals surface area contributed by atoms with E-state index in [-0.39, 0.29) is 23.7 Å². The van der Waals surface area contributed by atoms with Crippen LogP contribution in [0.3, 0.4) is 0 Å². The summed E-state index contributed by atoms with van der Waals surface area (Å²) < 4.78 is 1.54. The number of carbonyl (C=O) groups is 1. The molecule has 0 aromatic carbocycles. The number of rotatable bonds is 4. The van der Waals surface area contributed by atoms with E-state index in [1.54, 1.807) is 17.8 Å². The van der Waals surface area contributed by atoms with Crippen molar-refractivity contribution in [2.45, 2.75) is 45.2 Å². The first-order valence-electron chi connectivity index (χ1n) is 9.13. The zero-order chi connectivity index (χ0) is 18.7. The minimum absolute atomic E-state index is 0.112. The van der Waals surface area contributed by atoms with Crippen LogP contribution >= 0.6 is 0 Å². The van der Waals surface area contributed by atoms with Gasteiger partial charge in [0.2, 0.25) is 0 Å². The van der Waals surface area contributed by atoms with Crippen LogP contribution in [0.4, 0.5) is 10.6 Å². The fraction of sp³-hybridized carbons (Fsp3) is 0.556. The van der Waals surface area contributed by atoms with Crippen molar-refractivity contribution in [1.82, 2.24) is 25.2 Å². The lowest BCUT2D eigenvalue weighted by Crippen LogP contribution is -2.50. The van der Waals surface area contributed by atoms with Gasteiger partial charge in [-0.25, -0.2) is 14.8 Å². The average molecular weight is 358 g/mol. The third kappa shape index (κ3) is 3.79. The Labute approximate surface area is 152 Å². The highest BCUT2D eigenvalue weighted by Gasteiger charge is 2.24. The number of anilines is 1. The van der Waals surface area contributed by atoms with E-state index in [1.165, 1.54) is 0 Å². The maximum atomic E-state index is 12.6. The molecule has 1 aliphatic rings. The number of aromatic nitrogens is 3. The van der Waals surface area contributed by atoms with Crippen LogP contribution in [0.5, 0.6) is 0 Å². The van der Waals surface area contributed by atoms with Crippen LogP contribution in [-0.2, 0) is 7.05 Å². The fourth-order valence-electron chi connectivity index (χ4n) is 3.14. The Morgan fingerprint density at radius 3 is 2.81 bits per heavy atom. The number of hydrogen-bond donors (Lipinski definition) is 2. The minimum atomic E-state index is -0.142. The molecule has 0 unspecified atom stereocenters. The summed E-state index contributed by atoms with van der Waals surface area (Å²) in [4.78, 5) is 35.4. The molecule has 1 saturated heterocycles. The second kappa shape index (κ2) is 7.72. The first-order chi connectivity index (χ1) is 12.5. The number of pyridine rings is 1. The topological polar surface area (TPSA) is 92.2 Å². The van der Waals surface area contributed by atoms with Crippen LogP contribution in [0.1, 0.15) is 33.1 Å². The molecule has 1 fully saturated rings. The highest BCUT2D eigenvalue weighted by atomic mass is 16.2. The molecule has 1 aliphatic heterocycles. The number of nitrogens with zero attached hydrogens (tertiary/aromatic N) is 4. The molecule has 1 atom stereocenters. The van der Waals surface area contributed by atoms with Crippen LogP contribution in [0, 0.1) is 0 Å². The summed E-state index contributed by atoms with van der Waals surface area (Å²) in [5, 5.41) is 5.94. The zero-order valence-electron chi connectivity index (χ0n) is 15.5. The number of nitrogens with one attached hydrogen (secondary N) is 2. The standard InChI is InChI=1S/C18H26N6O2/c1-4-12(2)20-18(26)21-13-7-10-24(11-8-13)16-17(25)23(3)15-14(22-16)6-5-9-19-15/h5-6,9,12-13H,4,7-8,10-11H2,1-3H3,(H2,20,21,26)/t12-/m0/s1. The molecule has 8 heteroatoms. The van der Waals surface area contributed by atoms with Gasteiger partial charge in [0.15, 0.2) is 11.5 Å². The maximum absolute atomic E-state index is 12.6. The molecule has 0 saturated carbocycles. The number of aryl methyl sites for hydroxylation is 1. The Morgan fingerprint density at radius 2 is 2.12 bits per heavy atom. The van der Waals surface area contributed by atoms with E-state index in [0.29, 0.717) is 30.1 Å². The number of amides is 2.